The normalized spacial score (nSPS) is 26.7. The first-order valence-corrected chi connectivity index (χ1v) is 37.8. The van der Waals surface area contributed by atoms with E-state index in [4.69, 9.17) is 106 Å². The molecule has 4 heterocycles. The first kappa shape index (κ1) is 81.3. The predicted molar refractivity (Wildman–Crippen MR) is 409 cm³/mol. The summed E-state index contributed by atoms with van der Waals surface area (Å²) in [7, 11) is 0. The lowest BCUT2D eigenvalue weighted by molar-refractivity contribution is -0.393. The van der Waals surface area contributed by atoms with Crippen molar-refractivity contribution in [3.63, 3.8) is 0 Å². The summed E-state index contributed by atoms with van der Waals surface area (Å²) in [5.74, 6) is -2.57. The lowest BCUT2D eigenvalue weighted by atomic mass is 9.93. The maximum absolute atomic E-state index is 14.6. The van der Waals surface area contributed by atoms with Gasteiger partial charge in [0.1, 0.15) is 80.3 Å². The fraction of sp³-hybridized carbons (Fsp3) is 0.369. The second-order valence-corrected chi connectivity index (χ2v) is 29.7. The van der Waals surface area contributed by atoms with Crippen molar-refractivity contribution >= 4 is 52.8 Å². The van der Waals surface area contributed by atoms with E-state index in [-0.39, 0.29) is 65.4 Å². The number of ether oxygens (including phenoxy) is 15. The van der Waals surface area contributed by atoms with Crippen LogP contribution in [0.25, 0.3) is 21.6 Å². The molecule has 4 N–H and O–H groups in total. The molecule has 0 saturated carbocycles. The second-order valence-electron chi connectivity index (χ2n) is 27.4. The highest BCUT2D eigenvalue weighted by atomic mass is 35.6. The van der Waals surface area contributed by atoms with E-state index in [1.54, 1.807) is 30.3 Å². The summed E-state index contributed by atoms with van der Waals surface area (Å²) in [5, 5.41) is 34.8. The van der Waals surface area contributed by atoms with Crippen molar-refractivity contribution in [2.45, 2.75) is 160 Å². The van der Waals surface area contributed by atoms with E-state index in [0.717, 1.165) is 44.5 Å². The van der Waals surface area contributed by atoms with Crippen LogP contribution in [0.3, 0.4) is 0 Å². The third kappa shape index (κ3) is 20.3. The minimum absolute atomic E-state index is 0.00337. The molecule has 588 valence electrons. The van der Waals surface area contributed by atoms with Gasteiger partial charge in [-0.1, -0.05) is 283 Å². The van der Waals surface area contributed by atoms with Gasteiger partial charge in [0.15, 0.2) is 31.2 Å². The van der Waals surface area contributed by atoms with Gasteiger partial charge < -0.3 is 91.9 Å². The number of hydrogen-bond acceptors (Lipinski definition) is 21. The van der Waals surface area contributed by atoms with Crippen molar-refractivity contribution in [1.82, 2.24) is 10.6 Å². The molecule has 1 aliphatic carbocycles. The average molecular weight is 1590 g/mol. The number of benzene rings is 8. The summed E-state index contributed by atoms with van der Waals surface area (Å²) in [6.45, 7) is 3.26. The summed E-state index contributed by atoms with van der Waals surface area (Å²) < 4.78 is 97.6. The zero-order chi connectivity index (χ0) is 78.0. The number of carbonyl (C=O) groups is 3. The Balaban J connectivity index is 0.847. The van der Waals surface area contributed by atoms with Crippen LogP contribution in [0.5, 0.6) is 0 Å². The van der Waals surface area contributed by atoms with Gasteiger partial charge in [0, 0.05) is 16.4 Å². The number of nitrogens with zero attached hydrogens (tertiary/aromatic N) is 3. The Kier molecular flexibility index (Phi) is 28.2. The quantitative estimate of drug-likeness (QED) is 0.00742. The van der Waals surface area contributed by atoms with Crippen LogP contribution in [-0.2, 0) is 114 Å². The van der Waals surface area contributed by atoms with E-state index in [0.29, 0.717) is 11.1 Å². The van der Waals surface area contributed by atoms with E-state index in [2.05, 4.69) is 27.2 Å². The van der Waals surface area contributed by atoms with Crippen LogP contribution in [0.2, 0.25) is 0 Å². The van der Waals surface area contributed by atoms with Crippen LogP contribution in [0, 0.1) is 0 Å². The van der Waals surface area contributed by atoms with Crippen molar-refractivity contribution in [3.8, 4) is 11.1 Å². The highest BCUT2D eigenvalue weighted by Gasteiger charge is 2.60. The van der Waals surface area contributed by atoms with Gasteiger partial charge in [-0.05, 0) is 62.5 Å². The fourth-order valence-corrected chi connectivity index (χ4v) is 14.4. The van der Waals surface area contributed by atoms with Crippen LogP contribution in [0.15, 0.2) is 248 Å². The Bertz CT molecular complexity index is 4350. The number of aliphatic hydroxyl groups excluding tert-OH is 1. The van der Waals surface area contributed by atoms with Gasteiger partial charge in [-0.3, -0.25) is 4.79 Å². The molecule has 25 nitrogen and oxygen atoms in total. The Morgan fingerprint density at radius 2 is 1.12 bits per heavy atom. The molecule has 0 bridgehead atoms. The second kappa shape index (κ2) is 38.9. The molecule has 8 aromatic rings. The number of hydrogen-bond donors (Lipinski definition) is 4. The lowest BCUT2D eigenvalue weighted by Gasteiger charge is -2.52. The summed E-state index contributed by atoms with van der Waals surface area (Å²) >= 11 is 19.5. The summed E-state index contributed by atoms with van der Waals surface area (Å²) in [6, 6.07) is 67.9. The first-order valence-electron chi connectivity index (χ1n) is 36.7. The minimum atomic E-state index is -2.99. The number of rotatable bonds is 33. The third-order valence-corrected chi connectivity index (χ3v) is 20.3. The van der Waals surface area contributed by atoms with Gasteiger partial charge in [-0.25, -0.2) is 9.59 Å². The zero-order valence-corrected chi connectivity index (χ0v) is 63.2. The Morgan fingerprint density at radius 1 is 0.607 bits per heavy atom. The molecule has 4 saturated heterocycles. The molecule has 18 atom stereocenters. The largest absolute Gasteiger partial charge is 0.460 e. The smallest absolute Gasteiger partial charge is 0.407 e. The summed E-state index contributed by atoms with van der Waals surface area (Å²) in [4.78, 5) is 45.9. The number of aliphatic hydroxyl groups is 2. The number of alkyl halides is 3. The third-order valence-electron chi connectivity index (χ3n) is 19.8. The van der Waals surface area contributed by atoms with Crippen LogP contribution in [0.4, 0.5) is 4.79 Å². The maximum Gasteiger partial charge on any atom is 0.407 e. The summed E-state index contributed by atoms with van der Waals surface area (Å²) in [6.07, 6.45) is -21.0. The molecule has 2 amide bonds. The van der Waals surface area contributed by atoms with Crippen molar-refractivity contribution in [3.05, 3.63) is 298 Å². The van der Waals surface area contributed by atoms with E-state index < -0.39 is 138 Å². The molecule has 0 aromatic heterocycles. The fourth-order valence-electron chi connectivity index (χ4n) is 14.2. The molecular formula is C84H86Cl3N5O20. The Labute approximate surface area is 662 Å². The molecule has 13 rings (SSSR count). The molecule has 1 unspecified atom stereocenters. The predicted octanol–water partition coefficient (Wildman–Crippen LogP) is 12.5. The van der Waals surface area contributed by atoms with Crippen molar-refractivity contribution < 1.29 is 95.6 Å². The SMILES string of the molecule is C=CCOC(=O)[C@@H](NC(=O)OCC1c2ccccc2-c2ccccc21)[C@@H](C)O[C@H]1O[C@H](CO[C@@H]2O[C@H](COCc3ccccc3)[C@@H](O[C@@H]3O[C@@H]4COC(c5ccccc5)O[C@@H]4[C@H](OCc4ccccc4)[C@H]3OCc3ccccc3)[C@H](OCc3ccccc3)[C@H]2NC(=O)C(Cl)(Cl)Cl)[C@H](O)[C@H](OCc2ccccc2)[C@]1(O)N=[N+]=[N-]. The minimum Gasteiger partial charge on any atom is -0.460 e. The van der Waals surface area contributed by atoms with Gasteiger partial charge in [0.2, 0.25) is 5.72 Å². The lowest BCUT2D eigenvalue weighted by Crippen LogP contribution is -2.70. The summed E-state index contributed by atoms with van der Waals surface area (Å²) in [5.41, 5.74) is 15.6. The van der Waals surface area contributed by atoms with Gasteiger partial charge in [-0.2, -0.15) is 0 Å². The maximum atomic E-state index is 14.6. The molecule has 8 aromatic carbocycles. The Hall–Kier alpha value is -8.71. The van der Waals surface area contributed by atoms with Crippen LogP contribution in [0.1, 0.15) is 63.6 Å². The Morgan fingerprint density at radius 3 is 1.68 bits per heavy atom. The molecular weight excluding hydrogens is 1510 g/mol. The van der Waals surface area contributed by atoms with E-state index in [9.17, 15) is 30.1 Å². The van der Waals surface area contributed by atoms with E-state index >= 15 is 0 Å². The number of halogens is 3. The number of amides is 2. The number of alkyl carbamates (subject to hydrolysis) is 1. The van der Waals surface area contributed by atoms with Gasteiger partial charge in [-0.15, -0.1) is 0 Å². The molecule has 28 heteroatoms. The number of carbonyl (C=O) groups excluding carboxylic acids is 3. The number of esters is 1. The van der Waals surface area contributed by atoms with Crippen molar-refractivity contribution in [2.75, 3.05) is 33.0 Å². The van der Waals surface area contributed by atoms with E-state index in [1.165, 1.54) is 13.0 Å². The molecule has 0 radical (unpaired) electrons. The van der Waals surface area contributed by atoms with Gasteiger partial charge >= 0.3 is 12.1 Å². The van der Waals surface area contributed by atoms with Crippen LogP contribution in [-0.4, -0.2) is 169 Å². The van der Waals surface area contributed by atoms with Gasteiger partial charge in [0.25, 0.3) is 9.70 Å². The van der Waals surface area contributed by atoms with E-state index in [1.807, 2.05) is 200 Å². The van der Waals surface area contributed by atoms with Crippen LogP contribution < -0.4 is 10.6 Å². The molecule has 112 heavy (non-hydrogen) atoms. The van der Waals surface area contributed by atoms with Crippen molar-refractivity contribution in [2.24, 2.45) is 5.11 Å². The molecule has 4 fully saturated rings. The number of fused-ring (bicyclic) bond motifs is 4. The molecule has 5 aliphatic rings. The van der Waals surface area contributed by atoms with Gasteiger partial charge in [0.05, 0.1) is 59.0 Å². The first-order chi connectivity index (χ1) is 54.5. The van der Waals surface area contributed by atoms with Crippen molar-refractivity contribution in [1.29, 1.82) is 0 Å². The highest BCUT2D eigenvalue weighted by molar-refractivity contribution is 6.76. The number of nitrogens with one attached hydrogen (secondary N) is 2. The average Bonchev–Trinajstić information content (AvgIpc) is 1.66. The molecule has 4 aliphatic heterocycles. The number of azide groups is 1. The standard InChI is InChI=1S/C84H86Cl3N5O20/c1-3-42-99-76(94)67(90-82(96)106-48-63-61-40-24-22-38-59(61)60-39-23-25-41-62(60)63)52(2)107-81-83(97,91-92-88)75(103-47-57-34-18-8-19-35-57)69(93)64(110-81)50-105-78-68(89-80(95)84(85,86)87)72(100-44-54-28-12-5-13-29-54)70(65(108-78)49-98-43-53-26-10-4-11-27-53)112-79-74(102-46-56-32-16-7-17-33-56)73(101-45-55-30-14-6-15-31-55)71-66(109-79)51-104-77(111-71)58-36-20-9-21-37-58/h3-41,52,63-75,77-79,81,93,97H,1,42-51H2,2H3,(H,89,95)(H,90,96)/t52-,64-,65-,66-,67+,68-,69+,70-,71+,72-,73+,74-,75+,77?,78-,79+,81+,83-/m1/s1. The molecule has 0 spiro atoms. The zero-order valence-electron chi connectivity index (χ0n) is 60.9. The highest BCUT2D eigenvalue weighted by Crippen LogP contribution is 2.46. The topological polar surface area (TPSA) is 303 Å². The monoisotopic (exact) mass is 1590 g/mol. The van der Waals surface area contributed by atoms with Crippen LogP contribution >= 0.6 is 34.8 Å².